The molecule has 1 aromatic heterocycles. The van der Waals surface area contributed by atoms with E-state index >= 15 is 0 Å². The van der Waals surface area contributed by atoms with Gasteiger partial charge in [-0.25, -0.2) is 17.2 Å². The van der Waals surface area contributed by atoms with Gasteiger partial charge in [-0.1, -0.05) is 0 Å². The molecule has 7 heteroatoms. The Bertz CT molecular complexity index is 720. The number of sulfonamides is 1. The maximum Gasteiger partial charge on any atom is 0.243 e. The Morgan fingerprint density at radius 1 is 1.19 bits per heavy atom. The molecule has 21 heavy (non-hydrogen) atoms. The molecule has 1 aromatic carbocycles. The monoisotopic (exact) mass is 329 g/mol. The Labute approximate surface area is 125 Å². The van der Waals surface area contributed by atoms with Crippen molar-refractivity contribution in [2.45, 2.75) is 30.3 Å². The fourth-order valence-electron chi connectivity index (χ4n) is 2.15. The van der Waals surface area contributed by atoms with E-state index in [4.69, 9.17) is 0 Å². The minimum atomic E-state index is -3.90. The smallest absolute Gasteiger partial charge is 0.207 e. The Balaban J connectivity index is 1.97. The normalized spacial score (nSPS) is 15.6. The quantitative estimate of drug-likeness (QED) is 0.843. The van der Waals surface area contributed by atoms with Crippen LogP contribution < -0.4 is 0 Å². The summed E-state index contributed by atoms with van der Waals surface area (Å²) in [5, 5.41) is 3.74. The van der Waals surface area contributed by atoms with E-state index in [-0.39, 0.29) is 17.5 Å². The first-order valence-corrected chi connectivity index (χ1v) is 8.84. The van der Waals surface area contributed by atoms with E-state index in [1.807, 2.05) is 16.8 Å². The first-order chi connectivity index (χ1) is 9.96. The summed E-state index contributed by atoms with van der Waals surface area (Å²) in [6.45, 7) is 0.231. The second-order valence-corrected chi connectivity index (χ2v) is 7.69. The SMILES string of the molecule is O=S(=O)(c1cc(F)cc(F)c1)N(Cc1ccsc1)C1CC1. The standard InChI is InChI=1S/C14H13F2NO2S2/c15-11-5-12(16)7-14(6-11)21(18,19)17(13-1-2-13)8-10-3-4-20-9-10/h3-7,9,13H,1-2,8H2. The number of thiophene rings is 1. The molecule has 0 radical (unpaired) electrons. The van der Waals surface area contributed by atoms with Gasteiger partial charge in [0.25, 0.3) is 0 Å². The molecule has 0 amide bonds. The van der Waals surface area contributed by atoms with Crippen molar-refractivity contribution in [1.29, 1.82) is 0 Å². The van der Waals surface area contributed by atoms with Gasteiger partial charge in [-0.2, -0.15) is 15.6 Å². The van der Waals surface area contributed by atoms with Crippen LogP contribution in [0.15, 0.2) is 39.9 Å². The van der Waals surface area contributed by atoms with E-state index in [0.29, 0.717) is 6.07 Å². The third-order valence-corrected chi connectivity index (χ3v) is 5.92. The lowest BCUT2D eigenvalue weighted by Gasteiger charge is -2.21. The highest BCUT2D eigenvalue weighted by Gasteiger charge is 2.38. The Hall–Kier alpha value is -1.31. The van der Waals surface area contributed by atoms with E-state index in [9.17, 15) is 17.2 Å². The molecule has 3 rings (SSSR count). The van der Waals surface area contributed by atoms with Crippen molar-refractivity contribution < 1.29 is 17.2 Å². The van der Waals surface area contributed by atoms with Gasteiger partial charge in [-0.3, -0.25) is 0 Å². The predicted octanol–water partition coefficient (Wildman–Crippen LogP) is 3.38. The molecular formula is C14H13F2NO2S2. The number of hydrogen-bond acceptors (Lipinski definition) is 3. The average Bonchev–Trinajstić information content (AvgIpc) is 3.11. The zero-order chi connectivity index (χ0) is 15.0. The molecular weight excluding hydrogens is 316 g/mol. The third kappa shape index (κ3) is 3.14. The van der Waals surface area contributed by atoms with Gasteiger partial charge in [0, 0.05) is 18.7 Å². The fraction of sp³-hybridized carbons (Fsp3) is 0.286. The van der Waals surface area contributed by atoms with E-state index in [1.165, 1.54) is 15.6 Å². The minimum Gasteiger partial charge on any atom is -0.207 e. The van der Waals surface area contributed by atoms with Crippen LogP contribution in [-0.4, -0.2) is 18.8 Å². The Kier molecular flexibility index (Phi) is 3.81. The van der Waals surface area contributed by atoms with Crippen LogP contribution in [0, 0.1) is 11.6 Å². The van der Waals surface area contributed by atoms with Crippen LogP contribution in [0.5, 0.6) is 0 Å². The van der Waals surface area contributed by atoms with Gasteiger partial charge >= 0.3 is 0 Å². The molecule has 112 valence electrons. The zero-order valence-electron chi connectivity index (χ0n) is 11.0. The van der Waals surface area contributed by atoms with Crippen LogP contribution >= 0.6 is 11.3 Å². The molecule has 0 atom stereocenters. The zero-order valence-corrected chi connectivity index (χ0v) is 12.6. The number of benzene rings is 1. The molecule has 0 aliphatic heterocycles. The van der Waals surface area contributed by atoms with Crippen molar-refractivity contribution in [2.24, 2.45) is 0 Å². The van der Waals surface area contributed by atoms with Crippen molar-refractivity contribution in [3.05, 3.63) is 52.2 Å². The molecule has 1 aliphatic carbocycles. The highest BCUT2D eigenvalue weighted by Crippen LogP contribution is 2.34. The van der Waals surface area contributed by atoms with Gasteiger partial charge in [-0.05, 0) is 47.4 Å². The largest absolute Gasteiger partial charge is 0.243 e. The summed E-state index contributed by atoms with van der Waals surface area (Å²) in [5.41, 5.74) is 0.882. The average molecular weight is 329 g/mol. The maximum atomic E-state index is 13.3. The second-order valence-electron chi connectivity index (χ2n) is 5.02. The number of halogens is 2. The summed E-state index contributed by atoms with van der Waals surface area (Å²) in [6.07, 6.45) is 1.56. The summed E-state index contributed by atoms with van der Waals surface area (Å²) in [6, 6.07) is 4.16. The summed E-state index contributed by atoms with van der Waals surface area (Å²) in [5.74, 6) is -1.78. The third-order valence-electron chi connectivity index (χ3n) is 3.32. The molecule has 1 heterocycles. The van der Waals surface area contributed by atoms with Crippen LogP contribution in [0.4, 0.5) is 8.78 Å². The molecule has 0 unspecified atom stereocenters. The van der Waals surface area contributed by atoms with Crippen LogP contribution in [0.2, 0.25) is 0 Å². The van der Waals surface area contributed by atoms with Crippen LogP contribution in [0.1, 0.15) is 18.4 Å². The van der Waals surface area contributed by atoms with Crippen molar-refractivity contribution in [3.8, 4) is 0 Å². The lowest BCUT2D eigenvalue weighted by molar-refractivity contribution is 0.398. The fourth-order valence-corrected chi connectivity index (χ4v) is 4.52. The molecule has 1 fully saturated rings. The van der Waals surface area contributed by atoms with Crippen molar-refractivity contribution in [2.75, 3.05) is 0 Å². The van der Waals surface area contributed by atoms with Crippen molar-refractivity contribution >= 4 is 21.4 Å². The lowest BCUT2D eigenvalue weighted by atomic mass is 10.3. The number of hydrogen-bond donors (Lipinski definition) is 0. The molecule has 0 bridgehead atoms. The van der Waals surface area contributed by atoms with E-state index in [1.54, 1.807) is 0 Å². The van der Waals surface area contributed by atoms with Gasteiger partial charge in [-0.15, -0.1) is 0 Å². The molecule has 0 spiro atoms. The molecule has 0 saturated heterocycles. The highest BCUT2D eigenvalue weighted by molar-refractivity contribution is 7.89. The number of nitrogens with zero attached hydrogens (tertiary/aromatic N) is 1. The Morgan fingerprint density at radius 2 is 1.86 bits per heavy atom. The van der Waals surface area contributed by atoms with Crippen molar-refractivity contribution in [1.82, 2.24) is 4.31 Å². The number of rotatable bonds is 5. The van der Waals surface area contributed by atoms with Crippen LogP contribution in [-0.2, 0) is 16.6 Å². The van der Waals surface area contributed by atoms with E-state index in [2.05, 4.69) is 0 Å². The summed E-state index contributed by atoms with van der Waals surface area (Å²) < 4.78 is 53.2. The van der Waals surface area contributed by atoms with Crippen LogP contribution in [0.25, 0.3) is 0 Å². The van der Waals surface area contributed by atoms with Gasteiger partial charge in [0.1, 0.15) is 11.6 Å². The van der Waals surface area contributed by atoms with E-state index < -0.39 is 21.7 Å². The topological polar surface area (TPSA) is 37.4 Å². The molecule has 1 saturated carbocycles. The summed E-state index contributed by atoms with van der Waals surface area (Å²) >= 11 is 1.48. The minimum absolute atomic E-state index is 0.0822. The molecule has 1 aliphatic rings. The van der Waals surface area contributed by atoms with Gasteiger partial charge in [0.15, 0.2) is 0 Å². The van der Waals surface area contributed by atoms with Gasteiger partial charge in [0.05, 0.1) is 4.90 Å². The van der Waals surface area contributed by atoms with Gasteiger partial charge in [0.2, 0.25) is 10.0 Å². The molecule has 2 aromatic rings. The lowest BCUT2D eigenvalue weighted by Crippen LogP contribution is -2.32. The maximum absolute atomic E-state index is 13.3. The van der Waals surface area contributed by atoms with Crippen molar-refractivity contribution in [3.63, 3.8) is 0 Å². The van der Waals surface area contributed by atoms with Crippen LogP contribution in [0.3, 0.4) is 0 Å². The predicted molar refractivity (Wildman–Crippen MR) is 76.4 cm³/mol. The highest BCUT2D eigenvalue weighted by atomic mass is 32.2. The summed E-state index contributed by atoms with van der Waals surface area (Å²) in [7, 11) is -3.90. The molecule has 0 N–H and O–H groups in total. The van der Waals surface area contributed by atoms with E-state index in [0.717, 1.165) is 30.5 Å². The summed E-state index contributed by atoms with van der Waals surface area (Å²) in [4.78, 5) is -0.331. The molecule has 3 nitrogen and oxygen atoms in total. The first kappa shape index (κ1) is 14.6. The Morgan fingerprint density at radius 3 is 2.38 bits per heavy atom. The second kappa shape index (κ2) is 5.47. The first-order valence-electron chi connectivity index (χ1n) is 6.46. The van der Waals surface area contributed by atoms with Gasteiger partial charge < -0.3 is 0 Å².